The molecular formula is C17H24N2OS. The van der Waals surface area contributed by atoms with Gasteiger partial charge in [-0.05, 0) is 42.8 Å². The van der Waals surface area contributed by atoms with Crippen LogP contribution in [0.2, 0.25) is 0 Å². The molecule has 3 nitrogen and oxygen atoms in total. The van der Waals surface area contributed by atoms with Crippen LogP contribution in [0.3, 0.4) is 0 Å². The molecule has 0 aliphatic rings. The highest BCUT2D eigenvalue weighted by atomic mass is 32.1. The highest BCUT2D eigenvalue weighted by molar-refractivity contribution is 7.17. The van der Waals surface area contributed by atoms with Gasteiger partial charge in [-0.15, -0.1) is 11.3 Å². The van der Waals surface area contributed by atoms with Crippen molar-refractivity contribution in [3.63, 3.8) is 0 Å². The van der Waals surface area contributed by atoms with E-state index >= 15 is 0 Å². The molecule has 0 unspecified atom stereocenters. The van der Waals surface area contributed by atoms with E-state index in [4.69, 9.17) is 0 Å². The van der Waals surface area contributed by atoms with Crippen LogP contribution in [0.5, 0.6) is 0 Å². The number of hydrogen-bond donors (Lipinski definition) is 1. The summed E-state index contributed by atoms with van der Waals surface area (Å²) < 4.78 is 1.31. The number of unbranched alkanes of at least 4 members (excludes halogenated alkanes) is 1. The molecule has 1 aromatic carbocycles. The lowest BCUT2D eigenvalue weighted by Crippen LogP contribution is -2.43. The number of rotatable bonds is 7. The molecule has 2 rings (SSSR count). The maximum atomic E-state index is 12.1. The summed E-state index contributed by atoms with van der Waals surface area (Å²) in [6, 6.07) is 8.32. The summed E-state index contributed by atoms with van der Waals surface area (Å²) >= 11 is 1.77. The Bertz CT molecular complexity index is 593. The topological polar surface area (TPSA) is 32.3 Å². The summed E-state index contributed by atoms with van der Waals surface area (Å²) in [5.74, 6) is 0.116. The van der Waals surface area contributed by atoms with Crippen LogP contribution in [0, 0.1) is 0 Å². The lowest BCUT2D eigenvalue weighted by Gasteiger charge is -2.23. The van der Waals surface area contributed by atoms with Crippen molar-refractivity contribution < 1.29 is 4.79 Å². The molecule has 4 heteroatoms. The second kappa shape index (κ2) is 7.57. The second-order valence-corrected chi connectivity index (χ2v) is 6.40. The fourth-order valence-electron chi connectivity index (χ4n) is 2.30. The van der Waals surface area contributed by atoms with Crippen molar-refractivity contribution in [2.24, 2.45) is 0 Å². The lowest BCUT2D eigenvalue weighted by atomic mass is 10.1. The molecular weight excluding hydrogens is 280 g/mol. The number of fused-ring (bicyclic) bond motifs is 1. The third-order valence-corrected chi connectivity index (χ3v) is 4.86. The molecule has 0 aliphatic carbocycles. The third kappa shape index (κ3) is 4.05. The number of thiophene rings is 1. The zero-order valence-electron chi connectivity index (χ0n) is 13.1. The first-order valence-corrected chi connectivity index (χ1v) is 8.44. The Kier molecular flexibility index (Phi) is 5.76. The fourth-order valence-corrected chi connectivity index (χ4v) is 3.25. The van der Waals surface area contributed by atoms with Gasteiger partial charge in [0.2, 0.25) is 5.91 Å². The van der Waals surface area contributed by atoms with Crippen molar-refractivity contribution in [2.45, 2.75) is 39.3 Å². The molecule has 1 atom stereocenters. The van der Waals surface area contributed by atoms with Gasteiger partial charge < -0.3 is 5.32 Å². The van der Waals surface area contributed by atoms with Crippen LogP contribution in [0.15, 0.2) is 29.6 Å². The van der Waals surface area contributed by atoms with Gasteiger partial charge >= 0.3 is 0 Å². The van der Waals surface area contributed by atoms with Gasteiger partial charge in [0.25, 0.3) is 0 Å². The Morgan fingerprint density at radius 1 is 1.38 bits per heavy atom. The SMILES string of the molecule is CCCCNC(=O)[C@@H](C)N(C)Cc1csc2ccccc12. The number of likely N-dealkylation sites (N-methyl/N-ethyl adjacent to an activating group) is 1. The van der Waals surface area contributed by atoms with Gasteiger partial charge in [-0.2, -0.15) is 0 Å². The first kappa shape index (κ1) is 16.0. The quantitative estimate of drug-likeness (QED) is 0.792. The molecule has 114 valence electrons. The molecule has 0 bridgehead atoms. The van der Waals surface area contributed by atoms with E-state index in [0.29, 0.717) is 0 Å². The molecule has 0 spiro atoms. The van der Waals surface area contributed by atoms with E-state index in [9.17, 15) is 4.79 Å². The number of hydrogen-bond acceptors (Lipinski definition) is 3. The van der Waals surface area contributed by atoms with Gasteiger partial charge in [0.1, 0.15) is 0 Å². The van der Waals surface area contributed by atoms with Gasteiger partial charge in [0.05, 0.1) is 6.04 Å². The summed E-state index contributed by atoms with van der Waals surface area (Å²) in [6.45, 7) is 5.67. The minimum atomic E-state index is -0.111. The van der Waals surface area contributed by atoms with E-state index in [2.05, 4.69) is 46.8 Å². The number of amides is 1. The van der Waals surface area contributed by atoms with Crippen LogP contribution in [0.25, 0.3) is 10.1 Å². The Balaban J connectivity index is 1.97. The molecule has 1 heterocycles. The first-order chi connectivity index (χ1) is 10.1. The predicted octanol–water partition coefficient (Wildman–Crippen LogP) is 3.64. The van der Waals surface area contributed by atoms with Crippen LogP contribution in [-0.2, 0) is 11.3 Å². The highest BCUT2D eigenvalue weighted by Crippen LogP contribution is 2.26. The number of nitrogens with one attached hydrogen (secondary N) is 1. The molecule has 1 N–H and O–H groups in total. The highest BCUT2D eigenvalue weighted by Gasteiger charge is 2.18. The van der Waals surface area contributed by atoms with Crippen molar-refractivity contribution >= 4 is 27.3 Å². The smallest absolute Gasteiger partial charge is 0.237 e. The summed E-state index contributed by atoms with van der Waals surface area (Å²) in [5, 5.41) is 6.50. The van der Waals surface area contributed by atoms with E-state index in [1.807, 2.05) is 14.0 Å². The Hall–Kier alpha value is -1.39. The maximum absolute atomic E-state index is 12.1. The molecule has 0 saturated carbocycles. The van der Waals surface area contributed by atoms with Crippen molar-refractivity contribution in [1.82, 2.24) is 10.2 Å². The summed E-state index contributed by atoms with van der Waals surface area (Å²) in [7, 11) is 2.01. The normalized spacial score (nSPS) is 12.8. The molecule has 2 aromatic rings. The third-order valence-electron chi connectivity index (χ3n) is 3.85. The zero-order chi connectivity index (χ0) is 15.2. The van der Waals surface area contributed by atoms with E-state index < -0.39 is 0 Å². The molecule has 0 fully saturated rings. The van der Waals surface area contributed by atoms with Crippen molar-refractivity contribution in [3.05, 3.63) is 35.2 Å². The zero-order valence-corrected chi connectivity index (χ0v) is 13.9. The second-order valence-electron chi connectivity index (χ2n) is 5.49. The van der Waals surface area contributed by atoms with Gasteiger partial charge in [0.15, 0.2) is 0 Å². The maximum Gasteiger partial charge on any atom is 0.237 e. The van der Waals surface area contributed by atoms with Crippen LogP contribution in [0.4, 0.5) is 0 Å². The van der Waals surface area contributed by atoms with E-state index in [-0.39, 0.29) is 11.9 Å². The van der Waals surface area contributed by atoms with E-state index in [0.717, 1.165) is 25.9 Å². The van der Waals surface area contributed by atoms with Gasteiger partial charge in [-0.25, -0.2) is 0 Å². The van der Waals surface area contributed by atoms with Crippen LogP contribution >= 0.6 is 11.3 Å². The lowest BCUT2D eigenvalue weighted by molar-refractivity contribution is -0.125. The Morgan fingerprint density at radius 3 is 2.90 bits per heavy atom. The number of carbonyl (C=O) groups is 1. The Labute approximate surface area is 131 Å². The molecule has 0 radical (unpaired) electrons. The monoisotopic (exact) mass is 304 g/mol. The summed E-state index contributed by atoms with van der Waals surface area (Å²) in [4.78, 5) is 14.2. The first-order valence-electron chi connectivity index (χ1n) is 7.56. The van der Waals surface area contributed by atoms with E-state index in [1.165, 1.54) is 15.6 Å². The van der Waals surface area contributed by atoms with E-state index in [1.54, 1.807) is 11.3 Å². The minimum absolute atomic E-state index is 0.111. The van der Waals surface area contributed by atoms with Crippen molar-refractivity contribution in [1.29, 1.82) is 0 Å². The van der Waals surface area contributed by atoms with Gasteiger partial charge in [-0.1, -0.05) is 31.5 Å². The van der Waals surface area contributed by atoms with Crippen LogP contribution in [-0.4, -0.2) is 30.4 Å². The van der Waals surface area contributed by atoms with Crippen molar-refractivity contribution in [3.8, 4) is 0 Å². The number of benzene rings is 1. The fraction of sp³-hybridized carbons (Fsp3) is 0.471. The molecule has 1 amide bonds. The summed E-state index contributed by atoms with van der Waals surface area (Å²) in [5.41, 5.74) is 1.30. The molecule has 0 aliphatic heterocycles. The minimum Gasteiger partial charge on any atom is -0.355 e. The predicted molar refractivity (Wildman–Crippen MR) is 90.7 cm³/mol. The molecule has 21 heavy (non-hydrogen) atoms. The summed E-state index contributed by atoms with van der Waals surface area (Å²) in [6.07, 6.45) is 2.14. The molecule has 0 saturated heterocycles. The average Bonchev–Trinajstić information content (AvgIpc) is 2.90. The van der Waals surface area contributed by atoms with Gasteiger partial charge in [-0.3, -0.25) is 9.69 Å². The van der Waals surface area contributed by atoms with Gasteiger partial charge in [0, 0.05) is 17.8 Å². The van der Waals surface area contributed by atoms with Crippen LogP contribution in [0.1, 0.15) is 32.3 Å². The number of nitrogens with zero attached hydrogens (tertiary/aromatic N) is 1. The van der Waals surface area contributed by atoms with Crippen molar-refractivity contribution in [2.75, 3.05) is 13.6 Å². The molecule has 1 aromatic heterocycles. The number of carbonyl (C=O) groups excluding carboxylic acids is 1. The standard InChI is InChI=1S/C17H24N2OS/c1-4-5-10-18-17(20)13(2)19(3)11-14-12-21-16-9-7-6-8-15(14)16/h6-9,12-13H,4-5,10-11H2,1-3H3,(H,18,20)/t13-/m1/s1. The largest absolute Gasteiger partial charge is 0.355 e. The Morgan fingerprint density at radius 2 is 2.14 bits per heavy atom. The average molecular weight is 304 g/mol. The van der Waals surface area contributed by atoms with Crippen LogP contribution < -0.4 is 5.32 Å².